The second kappa shape index (κ2) is 5.97. The minimum atomic E-state index is -0.134. The maximum atomic E-state index is 6.14. The fourth-order valence-corrected chi connectivity index (χ4v) is 1.97. The molecule has 2 aromatic rings. The quantitative estimate of drug-likeness (QED) is 0.875. The Kier molecular flexibility index (Phi) is 3.88. The van der Waals surface area contributed by atoms with E-state index in [0.29, 0.717) is 12.7 Å². The highest BCUT2D eigenvalue weighted by Crippen LogP contribution is 2.27. The predicted octanol–water partition coefficient (Wildman–Crippen LogP) is 3.31. The standard InChI is InChI=1S/C17H19NO2/c18-17(12-19-14-4-2-1-3-5-14)13-6-8-15(9-7-13)20-16-10-11-16/h1-9,16-17H,10-12,18H2. The van der Waals surface area contributed by atoms with Crippen molar-refractivity contribution in [1.82, 2.24) is 0 Å². The number of ether oxygens (including phenoxy) is 2. The number of hydrogen-bond donors (Lipinski definition) is 1. The Labute approximate surface area is 119 Å². The van der Waals surface area contributed by atoms with E-state index < -0.39 is 0 Å². The number of hydrogen-bond acceptors (Lipinski definition) is 3. The zero-order chi connectivity index (χ0) is 13.8. The van der Waals surface area contributed by atoms with Crippen molar-refractivity contribution in [3.05, 3.63) is 60.2 Å². The number of benzene rings is 2. The van der Waals surface area contributed by atoms with Gasteiger partial charge in [-0.3, -0.25) is 0 Å². The smallest absolute Gasteiger partial charge is 0.119 e. The van der Waals surface area contributed by atoms with Gasteiger partial charge in [-0.25, -0.2) is 0 Å². The van der Waals surface area contributed by atoms with Crippen LogP contribution in [0.3, 0.4) is 0 Å². The Balaban J connectivity index is 1.54. The highest BCUT2D eigenvalue weighted by Gasteiger charge is 2.23. The molecule has 1 unspecified atom stereocenters. The molecule has 0 bridgehead atoms. The minimum absolute atomic E-state index is 0.134. The molecule has 2 N–H and O–H groups in total. The summed E-state index contributed by atoms with van der Waals surface area (Å²) in [7, 11) is 0. The third-order valence-corrected chi connectivity index (χ3v) is 3.31. The molecule has 0 aliphatic heterocycles. The van der Waals surface area contributed by atoms with Gasteiger partial charge in [-0.15, -0.1) is 0 Å². The van der Waals surface area contributed by atoms with Crippen molar-refractivity contribution in [1.29, 1.82) is 0 Å². The Morgan fingerprint density at radius 1 is 0.950 bits per heavy atom. The van der Waals surface area contributed by atoms with Gasteiger partial charge in [-0.05, 0) is 42.7 Å². The Hall–Kier alpha value is -2.00. The van der Waals surface area contributed by atoms with Crippen LogP contribution in [0.15, 0.2) is 54.6 Å². The van der Waals surface area contributed by atoms with Crippen LogP contribution in [-0.4, -0.2) is 12.7 Å². The van der Waals surface area contributed by atoms with Crippen molar-refractivity contribution in [2.45, 2.75) is 25.0 Å². The molecule has 104 valence electrons. The molecule has 2 aromatic carbocycles. The van der Waals surface area contributed by atoms with Crippen LogP contribution in [-0.2, 0) is 0 Å². The van der Waals surface area contributed by atoms with E-state index in [1.807, 2.05) is 54.6 Å². The summed E-state index contributed by atoms with van der Waals surface area (Å²) >= 11 is 0. The van der Waals surface area contributed by atoms with Gasteiger partial charge in [-0.2, -0.15) is 0 Å². The fourth-order valence-electron chi connectivity index (χ4n) is 1.97. The van der Waals surface area contributed by atoms with Crippen molar-refractivity contribution in [3.8, 4) is 11.5 Å². The monoisotopic (exact) mass is 269 g/mol. The van der Waals surface area contributed by atoms with Crippen molar-refractivity contribution < 1.29 is 9.47 Å². The van der Waals surface area contributed by atoms with Crippen LogP contribution < -0.4 is 15.2 Å². The number of para-hydroxylation sites is 1. The van der Waals surface area contributed by atoms with Gasteiger partial charge in [0.15, 0.2) is 0 Å². The summed E-state index contributed by atoms with van der Waals surface area (Å²) < 4.78 is 11.4. The lowest BCUT2D eigenvalue weighted by atomic mass is 10.1. The fraction of sp³-hybridized carbons (Fsp3) is 0.294. The van der Waals surface area contributed by atoms with Gasteiger partial charge in [0, 0.05) is 0 Å². The molecule has 1 fully saturated rings. The van der Waals surface area contributed by atoms with Gasteiger partial charge in [0.2, 0.25) is 0 Å². The lowest BCUT2D eigenvalue weighted by Gasteiger charge is -2.14. The molecule has 0 spiro atoms. The topological polar surface area (TPSA) is 44.5 Å². The molecule has 1 saturated carbocycles. The Morgan fingerprint density at radius 3 is 2.30 bits per heavy atom. The van der Waals surface area contributed by atoms with Gasteiger partial charge in [0.25, 0.3) is 0 Å². The zero-order valence-corrected chi connectivity index (χ0v) is 11.4. The highest BCUT2D eigenvalue weighted by molar-refractivity contribution is 5.30. The second-order valence-electron chi connectivity index (χ2n) is 5.12. The third kappa shape index (κ3) is 3.52. The van der Waals surface area contributed by atoms with Crippen LogP contribution in [0, 0.1) is 0 Å². The van der Waals surface area contributed by atoms with E-state index >= 15 is 0 Å². The summed E-state index contributed by atoms with van der Waals surface area (Å²) in [6.07, 6.45) is 2.77. The summed E-state index contributed by atoms with van der Waals surface area (Å²) in [6, 6.07) is 17.6. The predicted molar refractivity (Wildman–Crippen MR) is 79.0 cm³/mol. The van der Waals surface area contributed by atoms with Crippen LogP contribution in [0.25, 0.3) is 0 Å². The van der Waals surface area contributed by atoms with E-state index in [1.165, 1.54) is 12.8 Å². The van der Waals surface area contributed by atoms with E-state index in [9.17, 15) is 0 Å². The van der Waals surface area contributed by atoms with Crippen LogP contribution >= 0.6 is 0 Å². The average Bonchev–Trinajstić information content (AvgIpc) is 3.31. The summed E-state index contributed by atoms with van der Waals surface area (Å²) in [4.78, 5) is 0. The Bertz CT molecular complexity index is 535. The zero-order valence-electron chi connectivity index (χ0n) is 11.4. The van der Waals surface area contributed by atoms with Crippen LogP contribution in [0.5, 0.6) is 11.5 Å². The summed E-state index contributed by atoms with van der Waals surface area (Å²) in [5, 5.41) is 0. The van der Waals surface area contributed by atoms with Crippen molar-refractivity contribution >= 4 is 0 Å². The minimum Gasteiger partial charge on any atom is -0.492 e. The first-order chi connectivity index (χ1) is 9.81. The van der Waals surface area contributed by atoms with Gasteiger partial charge in [-0.1, -0.05) is 30.3 Å². The molecule has 0 heterocycles. The second-order valence-corrected chi connectivity index (χ2v) is 5.12. The molecule has 0 radical (unpaired) electrons. The summed E-state index contributed by atoms with van der Waals surface area (Å²) in [5.74, 6) is 1.77. The molecular formula is C17H19NO2. The van der Waals surface area contributed by atoms with E-state index in [4.69, 9.17) is 15.2 Å². The lowest BCUT2D eigenvalue weighted by molar-refractivity contribution is 0.289. The molecule has 3 heteroatoms. The van der Waals surface area contributed by atoms with E-state index in [-0.39, 0.29) is 6.04 Å². The van der Waals surface area contributed by atoms with E-state index in [1.54, 1.807) is 0 Å². The molecule has 20 heavy (non-hydrogen) atoms. The van der Waals surface area contributed by atoms with Crippen LogP contribution in [0.1, 0.15) is 24.4 Å². The average molecular weight is 269 g/mol. The highest BCUT2D eigenvalue weighted by atomic mass is 16.5. The molecular weight excluding hydrogens is 250 g/mol. The number of nitrogens with two attached hydrogens (primary N) is 1. The lowest BCUT2D eigenvalue weighted by Crippen LogP contribution is -2.18. The third-order valence-electron chi connectivity index (χ3n) is 3.31. The molecule has 0 amide bonds. The van der Waals surface area contributed by atoms with Gasteiger partial charge in [0.05, 0.1) is 12.1 Å². The molecule has 0 aromatic heterocycles. The molecule has 3 rings (SSSR count). The van der Waals surface area contributed by atoms with Gasteiger partial charge in [0.1, 0.15) is 18.1 Å². The van der Waals surface area contributed by atoms with E-state index in [2.05, 4.69) is 0 Å². The maximum absolute atomic E-state index is 6.14. The van der Waals surface area contributed by atoms with Crippen LogP contribution in [0.2, 0.25) is 0 Å². The van der Waals surface area contributed by atoms with Crippen molar-refractivity contribution in [2.24, 2.45) is 5.73 Å². The molecule has 1 aliphatic carbocycles. The molecule has 3 nitrogen and oxygen atoms in total. The maximum Gasteiger partial charge on any atom is 0.119 e. The molecule has 0 saturated heterocycles. The molecule has 1 aliphatic rings. The first kappa shape index (κ1) is 13.0. The van der Waals surface area contributed by atoms with Gasteiger partial charge >= 0.3 is 0 Å². The van der Waals surface area contributed by atoms with E-state index in [0.717, 1.165) is 17.1 Å². The SMILES string of the molecule is NC(COc1ccccc1)c1ccc(OC2CC2)cc1. The van der Waals surface area contributed by atoms with Gasteiger partial charge < -0.3 is 15.2 Å². The number of rotatable bonds is 6. The normalized spacial score (nSPS) is 15.7. The summed E-state index contributed by atoms with van der Waals surface area (Å²) in [6.45, 7) is 0.465. The van der Waals surface area contributed by atoms with Crippen molar-refractivity contribution in [2.75, 3.05) is 6.61 Å². The largest absolute Gasteiger partial charge is 0.492 e. The van der Waals surface area contributed by atoms with Crippen LogP contribution in [0.4, 0.5) is 0 Å². The molecule has 1 atom stereocenters. The van der Waals surface area contributed by atoms with Crippen molar-refractivity contribution in [3.63, 3.8) is 0 Å². The summed E-state index contributed by atoms with van der Waals surface area (Å²) in [5.41, 5.74) is 7.20. The first-order valence-corrected chi connectivity index (χ1v) is 7.01. The Morgan fingerprint density at radius 2 is 1.65 bits per heavy atom. The first-order valence-electron chi connectivity index (χ1n) is 7.01.